The molecule has 0 aliphatic heterocycles. The summed E-state index contributed by atoms with van der Waals surface area (Å²) < 4.78 is 27.9. The zero-order valence-corrected chi connectivity index (χ0v) is 18.5. The van der Waals surface area contributed by atoms with Gasteiger partial charge in [0.25, 0.3) is 5.91 Å². The van der Waals surface area contributed by atoms with E-state index in [1.54, 1.807) is 20.8 Å². The third kappa shape index (κ3) is 5.34. The Hall–Kier alpha value is -1.89. The number of anilines is 1. The molecule has 0 radical (unpaired) electrons. The number of benzene rings is 2. The van der Waals surface area contributed by atoms with Gasteiger partial charge >= 0.3 is 0 Å². The van der Waals surface area contributed by atoms with Gasteiger partial charge in [-0.25, -0.2) is 13.1 Å². The van der Waals surface area contributed by atoms with E-state index in [4.69, 9.17) is 11.6 Å². The first kappa shape index (κ1) is 22.4. The third-order valence-electron chi connectivity index (χ3n) is 4.16. The fourth-order valence-electron chi connectivity index (χ4n) is 2.90. The van der Waals surface area contributed by atoms with Crippen LogP contribution < -0.4 is 10.0 Å². The van der Waals surface area contributed by atoms with Crippen LogP contribution in [0.25, 0.3) is 0 Å². The van der Waals surface area contributed by atoms with E-state index in [0.717, 1.165) is 29.7 Å². The summed E-state index contributed by atoms with van der Waals surface area (Å²) in [6.07, 6.45) is 1.55. The minimum absolute atomic E-state index is 0.0662. The number of carbonyl (C=O) groups is 1. The van der Waals surface area contributed by atoms with E-state index in [1.165, 1.54) is 18.2 Å². The van der Waals surface area contributed by atoms with E-state index < -0.39 is 15.6 Å². The Kier molecular flexibility index (Phi) is 6.91. The lowest BCUT2D eigenvalue weighted by molar-refractivity contribution is 0.102. The molecule has 0 bridgehead atoms. The van der Waals surface area contributed by atoms with Crippen LogP contribution in [0.1, 0.15) is 56.1 Å². The Bertz CT molecular complexity index is 957. The van der Waals surface area contributed by atoms with E-state index in [-0.39, 0.29) is 21.4 Å². The topological polar surface area (TPSA) is 75.3 Å². The predicted octanol–water partition coefficient (Wildman–Crippen LogP) is 4.79. The van der Waals surface area contributed by atoms with Crippen LogP contribution in [0.5, 0.6) is 0 Å². The van der Waals surface area contributed by atoms with Crippen LogP contribution >= 0.6 is 11.6 Å². The number of rotatable bonds is 6. The van der Waals surface area contributed by atoms with Crippen molar-refractivity contribution < 1.29 is 13.2 Å². The van der Waals surface area contributed by atoms with Crippen LogP contribution in [0.4, 0.5) is 5.69 Å². The summed E-state index contributed by atoms with van der Waals surface area (Å²) in [5.41, 5.74) is 2.40. The molecule has 7 heteroatoms. The first-order valence-electron chi connectivity index (χ1n) is 9.24. The number of halogens is 1. The van der Waals surface area contributed by atoms with Gasteiger partial charge in [-0.05, 0) is 62.9 Å². The van der Waals surface area contributed by atoms with Gasteiger partial charge in [0.05, 0.1) is 5.02 Å². The molecule has 2 rings (SSSR count). The minimum Gasteiger partial charge on any atom is -0.321 e. The first-order valence-corrected chi connectivity index (χ1v) is 11.1. The number of amides is 1. The monoisotopic (exact) mass is 422 g/mol. The van der Waals surface area contributed by atoms with Crippen LogP contribution in [-0.2, 0) is 22.9 Å². The second-order valence-electron chi connectivity index (χ2n) is 7.61. The summed E-state index contributed by atoms with van der Waals surface area (Å²) in [5.74, 6) is -0.375. The summed E-state index contributed by atoms with van der Waals surface area (Å²) in [6, 6.07) is 10.2. The fraction of sp³-hybridized carbons (Fsp3) is 0.381. The molecule has 0 fully saturated rings. The average molecular weight is 423 g/mol. The zero-order valence-electron chi connectivity index (χ0n) is 16.9. The maximum Gasteiger partial charge on any atom is 0.255 e. The number of para-hydroxylation sites is 1. The molecule has 0 atom stereocenters. The highest BCUT2D eigenvalue weighted by atomic mass is 35.5. The quantitative estimate of drug-likeness (QED) is 0.702. The lowest BCUT2D eigenvalue weighted by Gasteiger charge is -2.21. The SMILES string of the molecule is CCc1cccc(CC)c1NC(=O)c1ccc(Cl)c(S(=O)(=O)NC(C)(C)C)c1. The van der Waals surface area contributed by atoms with E-state index in [1.807, 2.05) is 32.0 Å². The molecule has 0 aliphatic rings. The molecule has 2 aromatic rings. The lowest BCUT2D eigenvalue weighted by Crippen LogP contribution is -2.40. The molecule has 28 heavy (non-hydrogen) atoms. The average Bonchev–Trinajstić information content (AvgIpc) is 2.59. The van der Waals surface area contributed by atoms with Crippen molar-refractivity contribution in [3.63, 3.8) is 0 Å². The largest absolute Gasteiger partial charge is 0.321 e. The molecule has 0 aromatic heterocycles. The van der Waals surface area contributed by atoms with Crippen molar-refractivity contribution in [1.82, 2.24) is 4.72 Å². The van der Waals surface area contributed by atoms with Gasteiger partial charge in [-0.15, -0.1) is 0 Å². The van der Waals surface area contributed by atoms with Crippen LogP contribution in [0, 0.1) is 0 Å². The maximum atomic E-state index is 12.9. The molecule has 0 aliphatic carbocycles. The van der Waals surface area contributed by atoms with Crippen molar-refractivity contribution in [1.29, 1.82) is 0 Å². The molecule has 2 aromatic carbocycles. The van der Waals surface area contributed by atoms with E-state index in [9.17, 15) is 13.2 Å². The summed E-state index contributed by atoms with van der Waals surface area (Å²) in [4.78, 5) is 12.7. The first-order chi connectivity index (χ1) is 13.0. The Balaban J connectivity index is 2.42. The maximum absolute atomic E-state index is 12.9. The Morgan fingerprint density at radius 1 is 1.04 bits per heavy atom. The number of nitrogens with one attached hydrogen (secondary N) is 2. The molecule has 2 N–H and O–H groups in total. The van der Waals surface area contributed by atoms with Crippen LogP contribution in [0.15, 0.2) is 41.3 Å². The lowest BCUT2D eigenvalue weighted by atomic mass is 10.0. The van der Waals surface area contributed by atoms with Crippen molar-refractivity contribution in [2.45, 2.75) is 57.9 Å². The summed E-state index contributed by atoms with van der Waals surface area (Å²) in [7, 11) is -3.87. The van der Waals surface area contributed by atoms with Crippen LogP contribution in [0.3, 0.4) is 0 Å². The number of hydrogen-bond acceptors (Lipinski definition) is 3. The van der Waals surface area contributed by atoms with Gasteiger partial charge in [-0.3, -0.25) is 4.79 Å². The highest BCUT2D eigenvalue weighted by molar-refractivity contribution is 7.89. The van der Waals surface area contributed by atoms with Gasteiger partial charge in [0.1, 0.15) is 4.90 Å². The molecule has 0 saturated heterocycles. The normalized spacial score (nSPS) is 12.1. The molecule has 1 amide bonds. The highest BCUT2D eigenvalue weighted by Crippen LogP contribution is 2.26. The van der Waals surface area contributed by atoms with Crippen molar-refractivity contribution in [2.24, 2.45) is 0 Å². The molecular weight excluding hydrogens is 396 g/mol. The molecule has 5 nitrogen and oxygen atoms in total. The van der Waals surface area contributed by atoms with Crippen molar-refractivity contribution >= 4 is 33.2 Å². The number of aryl methyl sites for hydroxylation is 2. The second kappa shape index (κ2) is 8.64. The summed E-state index contributed by atoms with van der Waals surface area (Å²) in [6.45, 7) is 9.26. The number of sulfonamides is 1. The molecular formula is C21H27ClN2O3S. The van der Waals surface area contributed by atoms with E-state index in [0.29, 0.717) is 0 Å². The Morgan fingerprint density at radius 3 is 2.11 bits per heavy atom. The molecule has 0 spiro atoms. The van der Waals surface area contributed by atoms with Crippen molar-refractivity contribution in [3.05, 3.63) is 58.1 Å². The van der Waals surface area contributed by atoms with Crippen LogP contribution in [-0.4, -0.2) is 19.9 Å². The minimum atomic E-state index is -3.87. The van der Waals surface area contributed by atoms with Gasteiger partial charge < -0.3 is 5.32 Å². The van der Waals surface area contributed by atoms with Crippen LogP contribution in [0.2, 0.25) is 5.02 Å². The molecule has 0 saturated carbocycles. The van der Waals surface area contributed by atoms with Gasteiger partial charge in [0.15, 0.2) is 0 Å². The van der Waals surface area contributed by atoms with Gasteiger partial charge in [0.2, 0.25) is 10.0 Å². The molecule has 0 unspecified atom stereocenters. The van der Waals surface area contributed by atoms with Crippen molar-refractivity contribution in [2.75, 3.05) is 5.32 Å². The Morgan fingerprint density at radius 2 is 1.61 bits per heavy atom. The number of carbonyl (C=O) groups excluding carboxylic acids is 1. The molecule has 0 heterocycles. The molecule has 152 valence electrons. The standard InChI is InChI=1S/C21H27ClN2O3S/c1-6-14-9-8-10-15(7-2)19(14)23-20(25)16-11-12-17(22)18(13-16)28(26,27)24-21(3,4)5/h8-13,24H,6-7H2,1-5H3,(H,23,25). The van der Waals surface area contributed by atoms with Gasteiger partial charge in [-0.2, -0.15) is 0 Å². The Labute approximate surface area is 172 Å². The zero-order chi connectivity index (χ0) is 21.1. The highest BCUT2D eigenvalue weighted by Gasteiger charge is 2.25. The van der Waals surface area contributed by atoms with Gasteiger partial charge in [0, 0.05) is 16.8 Å². The fourth-order valence-corrected chi connectivity index (χ4v) is 4.84. The summed E-state index contributed by atoms with van der Waals surface area (Å²) >= 11 is 6.12. The predicted molar refractivity (Wildman–Crippen MR) is 115 cm³/mol. The van der Waals surface area contributed by atoms with Gasteiger partial charge in [-0.1, -0.05) is 43.6 Å². The smallest absolute Gasteiger partial charge is 0.255 e. The summed E-state index contributed by atoms with van der Waals surface area (Å²) in [5, 5.41) is 3.01. The van der Waals surface area contributed by atoms with E-state index >= 15 is 0 Å². The number of hydrogen-bond donors (Lipinski definition) is 2. The van der Waals surface area contributed by atoms with E-state index in [2.05, 4.69) is 10.0 Å². The van der Waals surface area contributed by atoms with Crippen molar-refractivity contribution in [3.8, 4) is 0 Å². The third-order valence-corrected chi connectivity index (χ3v) is 6.40. The second-order valence-corrected chi connectivity index (χ2v) is 9.67.